The Labute approximate surface area is 90.1 Å². The monoisotopic (exact) mass is 207 g/mol. The predicted molar refractivity (Wildman–Crippen MR) is 59.0 cm³/mol. The van der Waals surface area contributed by atoms with Crippen molar-refractivity contribution >= 4 is 5.82 Å². The Bertz CT molecular complexity index is 341. The van der Waals surface area contributed by atoms with Gasteiger partial charge in [0.15, 0.2) is 0 Å². The number of hydrogen-bond donors (Lipinski definition) is 1. The Balaban J connectivity index is 2.19. The number of ether oxygens (including phenoxy) is 1. The van der Waals surface area contributed by atoms with E-state index in [0.717, 1.165) is 37.3 Å². The average molecular weight is 207 g/mol. The molecule has 1 unspecified atom stereocenters. The van der Waals surface area contributed by atoms with E-state index in [0.29, 0.717) is 6.10 Å². The molecule has 1 aromatic heterocycles. The number of aryl methyl sites for hydroxylation is 1. The van der Waals surface area contributed by atoms with Crippen LogP contribution in [-0.4, -0.2) is 30.0 Å². The number of nitrogens with zero attached hydrogens (tertiary/aromatic N) is 2. The topological polar surface area (TPSA) is 47.0 Å². The molecule has 0 saturated carbocycles. The van der Waals surface area contributed by atoms with Gasteiger partial charge >= 0.3 is 0 Å². The predicted octanol–water partition coefficient (Wildman–Crippen LogP) is 1.41. The third kappa shape index (κ3) is 2.26. The number of rotatable bonds is 3. The Morgan fingerprint density at radius 2 is 2.40 bits per heavy atom. The minimum atomic E-state index is 0.344. The standard InChI is InChI=1S/C11H17N3O/c1-3-12-11-7-8-6-9(15-2)4-5-10(8)13-14-11/h7,9H,3-6H2,1-2H3,(H,12,14). The molecule has 1 atom stereocenters. The summed E-state index contributed by atoms with van der Waals surface area (Å²) < 4.78 is 5.38. The molecule has 2 rings (SSSR count). The lowest BCUT2D eigenvalue weighted by molar-refractivity contribution is 0.0904. The van der Waals surface area contributed by atoms with Gasteiger partial charge in [0.1, 0.15) is 5.82 Å². The van der Waals surface area contributed by atoms with E-state index >= 15 is 0 Å². The lowest BCUT2D eigenvalue weighted by Crippen LogP contribution is -2.22. The van der Waals surface area contributed by atoms with Crippen LogP contribution in [0.1, 0.15) is 24.6 Å². The van der Waals surface area contributed by atoms with Gasteiger partial charge in [-0.15, -0.1) is 5.10 Å². The van der Waals surface area contributed by atoms with Crippen LogP contribution in [0.2, 0.25) is 0 Å². The first kappa shape index (κ1) is 10.4. The largest absolute Gasteiger partial charge is 0.381 e. The van der Waals surface area contributed by atoms with Gasteiger partial charge in [-0.25, -0.2) is 0 Å². The normalized spacial score (nSPS) is 19.7. The Morgan fingerprint density at radius 1 is 1.53 bits per heavy atom. The summed E-state index contributed by atoms with van der Waals surface area (Å²) in [6, 6.07) is 2.09. The maximum Gasteiger partial charge on any atom is 0.148 e. The van der Waals surface area contributed by atoms with E-state index in [4.69, 9.17) is 4.74 Å². The third-order valence-electron chi connectivity index (χ3n) is 2.80. The van der Waals surface area contributed by atoms with Crippen LogP contribution in [0.4, 0.5) is 5.82 Å². The van der Waals surface area contributed by atoms with E-state index in [1.807, 2.05) is 0 Å². The summed E-state index contributed by atoms with van der Waals surface area (Å²) in [5, 5.41) is 11.5. The lowest BCUT2D eigenvalue weighted by atomic mass is 9.94. The third-order valence-corrected chi connectivity index (χ3v) is 2.80. The van der Waals surface area contributed by atoms with Crippen LogP contribution in [0.25, 0.3) is 0 Å². The van der Waals surface area contributed by atoms with Gasteiger partial charge in [0.25, 0.3) is 0 Å². The Hall–Kier alpha value is -1.16. The molecule has 0 fully saturated rings. The highest BCUT2D eigenvalue weighted by Gasteiger charge is 2.19. The highest BCUT2D eigenvalue weighted by Crippen LogP contribution is 2.22. The maximum absolute atomic E-state index is 5.38. The van der Waals surface area contributed by atoms with Gasteiger partial charge in [0.05, 0.1) is 11.8 Å². The summed E-state index contributed by atoms with van der Waals surface area (Å²) in [4.78, 5) is 0. The van der Waals surface area contributed by atoms with Crippen LogP contribution in [0.15, 0.2) is 6.07 Å². The van der Waals surface area contributed by atoms with Gasteiger partial charge in [-0.05, 0) is 31.4 Å². The molecule has 1 N–H and O–H groups in total. The molecule has 15 heavy (non-hydrogen) atoms. The van der Waals surface area contributed by atoms with Gasteiger partial charge in [-0.2, -0.15) is 5.10 Å². The molecule has 0 bridgehead atoms. The Kier molecular flexibility index (Phi) is 3.16. The minimum absolute atomic E-state index is 0.344. The van der Waals surface area contributed by atoms with Crippen molar-refractivity contribution in [2.24, 2.45) is 0 Å². The lowest BCUT2D eigenvalue weighted by Gasteiger charge is -2.22. The van der Waals surface area contributed by atoms with Crippen molar-refractivity contribution in [3.63, 3.8) is 0 Å². The second-order valence-corrected chi connectivity index (χ2v) is 3.83. The van der Waals surface area contributed by atoms with E-state index in [2.05, 4.69) is 28.5 Å². The fourth-order valence-electron chi connectivity index (χ4n) is 1.96. The molecule has 4 nitrogen and oxygen atoms in total. The quantitative estimate of drug-likeness (QED) is 0.814. The number of fused-ring (bicyclic) bond motifs is 1. The number of nitrogens with one attached hydrogen (secondary N) is 1. The fourth-order valence-corrected chi connectivity index (χ4v) is 1.96. The smallest absolute Gasteiger partial charge is 0.148 e. The molecular formula is C11H17N3O. The molecule has 0 spiro atoms. The van der Waals surface area contributed by atoms with Crippen molar-refractivity contribution in [2.45, 2.75) is 32.3 Å². The van der Waals surface area contributed by atoms with E-state index in [1.165, 1.54) is 5.56 Å². The molecular weight excluding hydrogens is 190 g/mol. The summed E-state index contributed by atoms with van der Waals surface area (Å²) in [6.07, 6.45) is 3.34. The van der Waals surface area contributed by atoms with Gasteiger partial charge in [-0.3, -0.25) is 0 Å². The number of aromatic nitrogens is 2. The summed E-state index contributed by atoms with van der Waals surface area (Å²) in [6.45, 7) is 2.93. The van der Waals surface area contributed by atoms with Crippen molar-refractivity contribution < 1.29 is 4.74 Å². The molecule has 0 aliphatic heterocycles. The summed E-state index contributed by atoms with van der Waals surface area (Å²) in [5.74, 6) is 0.869. The number of anilines is 1. The molecule has 0 saturated heterocycles. The summed E-state index contributed by atoms with van der Waals surface area (Å²) in [5.41, 5.74) is 2.41. The van der Waals surface area contributed by atoms with Crippen LogP contribution in [-0.2, 0) is 17.6 Å². The highest BCUT2D eigenvalue weighted by molar-refractivity contribution is 5.39. The highest BCUT2D eigenvalue weighted by atomic mass is 16.5. The SMILES string of the molecule is CCNc1cc2c(nn1)CCC(OC)C2. The maximum atomic E-state index is 5.38. The molecule has 4 heteroatoms. The Morgan fingerprint density at radius 3 is 3.13 bits per heavy atom. The summed E-state index contributed by atoms with van der Waals surface area (Å²) >= 11 is 0. The number of methoxy groups -OCH3 is 1. The van der Waals surface area contributed by atoms with Crippen LogP contribution < -0.4 is 5.32 Å². The van der Waals surface area contributed by atoms with Crippen molar-refractivity contribution in [1.82, 2.24) is 10.2 Å². The first-order chi connectivity index (χ1) is 7.33. The number of hydrogen-bond acceptors (Lipinski definition) is 4. The van der Waals surface area contributed by atoms with E-state index in [1.54, 1.807) is 7.11 Å². The fraction of sp³-hybridized carbons (Fsp3) is 0.636. The van der Waals surface area contributed by atoms with Crippen molar-refractivity contribution in [3.8, 4) is 0 Å². The molecule has 1 aliphatic carbocycles. The molecule has 1 heterocycles. The zero-order chi connectivity index (χ0) is 10.7. The van der Waals surface area contributed by atoms with Gasteiger partial charge in [-0.1, -0.05) is 0 Å². The second-order valence-electron chi connectivity index (χ2n) is 3.83. The minimum Gasteiger partial charge on any atom is -0.381 e. The molecule has 0 amide bonds. The molecule has 1 aromatic rings. The summed E-state index contributed by atoms with van der Waals surface area (Å²) in [7, 11) is 1.77. The van der Waals surface area contributed by atoms with E-state index in [9.17, 15) is 0 Å². The zero-order valence-electron chi connectivity index (χ0n) is 9.29. The average Bonchev–Trinajstić information content (AvgIpc) is 2.28. The zero-order valence-corrected chi connectivity index (χ0v) is 9.29. The van der Waals surface area contributed by atoms with E-state index < -0.39 is 0 Å². The molecule has 1 aliphatic rings. The van der Waals surface area contributed by atoms with Crippen LogP contribution >= 0.6 is 0 Å². The van der Waals surface area contributed by atoms with E-state index in [-0.39, 0.29) is 0 Å². The van der Waals surface area contributed by atoms with Gasteiger partial charge in [0.2, 0.25) is 0 Å². The van der Waals surface area contributed by atoms with Crippen molar-refractivity contribution in [2.75, 3.05) is 19.0 Å². The van der Waals surface area contributed by atoms with Crippen LogP contribution in [0.3, 0.4) is 0 Å². The first-order valence-electron chi connectivity index (χ1n) is 5.45. The first-order valence-corrected chi connectivity index (χ1v) is 5.45. The van der Waals surface area contributed by atoms with Gasteiger partial charge in [0, 0.05) is 20.1 Å². The van der Waals surface area contributed by atoms with Crippen LogP contribution in [0.5, 0.6) is 0 Å². The van der Waals surface area contributed by atoms with Crippen molar-refractivity contribution in [3.05, 3.63) is 17.3 Å². The molecule has 0 aromatic carbocycles. The second kappa shape index (κ2) is 4.57. The molecule has 0 radical (unpaired) electrons. The van der Waals surface area contributed by atoms with Crippen molar-refractivity contribution in [1.29, 1.82) is 0 Å². The van der Waals surface area contributed by atoms with Crippen LogP contribution in [0, 0.1) is 0 Å². The van der Waals surface area contributed by atoms with Gasteiger partial charge < -0.3 is 10.1 Å². The molecule has 82 valence electrons.